The van der Waals surface area contributed by atoms with Crippen molar-refractivity contribution >= 4 is 61.8 Å². The number of H-pyrrole nitrogens is 2. The number of fused-ring (bicyclic) bond motifs is 1. The predicted molar refractivity (Wildman–Crippen MR) is 101 cm³/mol. The lowest BCUT2D eigenvalue weighted by Crippen LogP contribution is -2.16. The van der Waals surface area contributed by atoms with Gasteiger partial charge in [-0.2, -0.15) is 0 Å². The minimum atomic E-state index is -0.700. The van der Waals surface area contributed by atoms with Crippen molar-refractivity contribution in [2.75, 3.05) is 10.6 Å². The third-order valence-corrected chi connectivity index (χ3v) is 4.47. The van der Waals surface area contributed by atoms with Crippen LogP contribution < -0.4 is 10.6 Å². The number of amides is 1. The summed E-state index contributed by atoms with van der Waals surface area (Å²) in [6, 6.07) is 6.51. The molecule has 0 aliphatic carbocycles. The number of hydrogen-bond acceptors (Lipinski definition) is 6. The topological polar surface area (TPSA) is 124 Å². The van der Waals surface area contributed by atoms with Gasteiger partial charge in [0.15, 0.2) is 5.82 Å². The summed E-state index contributed by atoms with van der Waals surface area (Å²) in [4.78, 5) is 19.4. The van der Waals surface area contributed by atoms with Gasteiger partial charge in [-0.15, -0.1) is 0 Å². The minimum absolute atomic E-state index is 0.0136. The highest BCUT2D eigenvalue weighted by molar-refractivity contribution is 9.10. The minimum Gasteiger partial charge on any atom is -0.351 e. The molecule has 27 heavy (non-hydrogen) atoms. The quantitative estimate of drug-likeness (QED) is 0.376. The Morgan fingerprint density at radius 3 is 2.89 bits per heavy atom. The molecular weight excluding hydrogens is 443 g/mol. The summed E-state index contributed by atoms with van der Waals surface area (Å²) < 4.78 is 15.8. The summed E-state index contributed by atoms with van der Waals surface area (Å²) in [7, 11) is 0. The van der Waals surface area contributed by atoms with E-state index in [1.54, 1.807) is 18.2 Å². The van der Waals surface area contributed by atoms with Gasteiger partial charge in [0.2, 0.25) is 5.95 Å². The zero-order valence-corrected chi connectivity index (χ0v) is 15.6. The molecule has 4 N–H and O–H groups in total. The van der Waals surface area contributed by atoms with Crippen LogP contribution >= 0.6 is 27.5 Å². The summed E-state index contributed by atoms with van der Waals surface area (Å²) in [6.45, 7) is 0. The van der Waals surface area contributed by atoms with E-state index in [-0.39, 0.29) is 22.7 Å². The van der Waals surface area contributed by atoms with Gasteiger partial charge in [0.1, 0.15) is 5.52 Å². The molecule has 136 valence electrons. The van der Waals surface area contributed by atoms with Crippen LogP contribution in [-0.4, -0.2) is 36.5 Å². The number of aromatic amines is 2. The summed E-state index contributed by atoms with van der Waals surface area (Å²) in [5.74, 6) is -1.30. The number of halogens is 3. The molecule has 4 aromatic rings. The monoisotopic (exact) mass is 450 g/mol. The average molecular weight is 452 g/mol. The molecule has 0 aliphatic heterocycles. The van der Waals surface area contributed by atoms with Crippen molar-refractivity contribution in [3.8, 4) is 0 Å². The van der Waals surface area contributed by atoms with Crippen molar-refractivity contribution in [3.05, 3.63) is 51.5 Å². The van der Waals surface area contributed by atoms with Crippen molar-refractivity contribution in [2.45, 2.75) is 0 Å². The van der Waals surface area contributed by atoms with E-state index in [1.807, 2.05) is 0 Å². The average Bonchev–Trinajstić information content (AvgIpc) is 3.30. The Balaban J connectivity index is 1.81. The number of carbonyl (C=O) groups excluding carboxylic acids is 1. The second-order valence-corrected chi connectivity index (χ2v) is 6.69. The van der Waals surface area contributed by atoms with Crippen molar-refractivity contribution in [1.82, 2.24) is 30.6 Å². The van der Waals surface area contributed by atoms with Crippen LogP contribution in [0.4, 0.5) is 21.7 Å². The number of aromatic nitrogens is 6. The van der Waals surface area contributed by atoms with Gasteiger partial charge in [0.05, 0.1) is 33.8 Å². The van der Waals surface area contributed by atoms with E-state index in [9.17, 15) is 4.79 Å². The lowest BCUT2D eigenvalue weighted by molar-refractivity contribution is 0.102. The van der Waals surface area contributed by atoms with Crippen LogP contribution in [0.5, 0.6) is 0 Å². The number of tetrazole rings is 1. The predicted octanol–water partition coefficient (Wildman–Crippen LogP) is 3.63. The van der Waals surface area contributed by atoms with E-state index in [4.69, 9.17) is 11.6 Å². The third-order valence-electron chi connectivity index (χ3n) is 3.67. The lowest BCUT2D eigenvalue weighted by atomic mass is 10.1. The number of nitrogens with zero attached hydrogens (tertiary/aromatic N) is 4. The standard InChI is InChI=1S/C15H9BrClFN8O/c16-6-1-2-9(8(17)3-6)21-12-7(14(27)22-15-23-25-26-24-15)4-10-13(11(12)18)20-5-19-10/h1-5,21H,(H,19,20)(H2,22,23,24,25,26,27). The molecule has 9 nitrogen and oxygen atoms in total. The summed E-state index contributed by atoms with van der Waals surface area (Å²) in [5, 5.41) is 18.4. The fourth-order valence-electron chi connectivity index (χ4n) is 2.46. The van der Waals surface area contributed by atoms with Crippen LogP contribution in [0.25, 0.3) is 11.0 Å². The van der Waals surface area contributed by atoms with Gasteiger partial charge in [-0.1, -0.05) is 32.6 Å². The maximum Gasteiger partial charge on any atom is 0.260 e. The number of benzene rings is 2. The van der Waals surface area contributed by atoms with Crippen LogP contribution in [0.3, 0.4) is 0 Å². The molecule has 2 aromatic heterocycles. The first-order valence-corrected chi connectivity index (χ1v) is 8.63. The highest BCUT2D eigenvalue weighted by atomic mass is 79.9. The Morgan fingerprint density at radius 1 is 1.30 bits per heavy atom. The number of rotatable bonds is 4. The SMILES string of the molecule is O=C(Nc1nnn[nH]1)c1cc2[nH]cnc2c(F)c1Nc1ccc(Br)cc1Cl. The molecule has 2 heterocycles. The number of carbonyl (C=O) groups is 1. The number of imidazole rings is 1. The normalized spacial score (nSPS) is 10.9. The van der Waals surface area contributed by atoms with Crippen LogP contribution in [0.15, 0.2) is 35.1 Å². The molecule has 0 spiro atoms. The first kappa shape index (κ1) is 17.4. The van der Waals surface area contributed by atoms with Crippen molar-refractivity contribution in [1.29, 1.82) is 0 Å². The zero-order valence-electron chi connectivity index (χ0n) is 13.2. The van der Waals surface area contributed by atoms with Gasteiger partial charge in [-0.3, -0.25) is 10.1 Å². The van der Waals surface area contributed by atoms with Crippen LogP contribution in [0, 0.1) is 5.82 Å². The number of anilines is 3. The first-order chi connectivity index (χ1) is 13.0. The Hall–Kier alpha value is -3.05. The second-order valence-electron chi connectivity index (χ2n) is 5.36. The van der Waals surface area contributed by atoms with E-state index < -0.39 is 11.7 Å². The highest BCUT2D eigenvalue weighted by Crippen LogP contribution is 2.34. The largest absolute Gasteiger partial charge is 0.351 e. The zero-order chi connectivity index (χ0) is 19.0. The summed E-state index contributed by atoms with van der Waals surface area (Å²) in [6.07, 6.45) is 1.34. The van der Waals surface area contributed by atoms with Crippen LogP contribution in [0.2, 0.25) is 5.02 Å². The molecule has 0 unspecified atom stereocenters. The molecule has 0 saturated carbocycles. The number of hydrogen-bond donors (Lipinski definition) is 4. The Morgan fingerprint density at radius 2 is 2.15 bits per heavy atom. The molecule has 1 amide bonds. The fraction of sp³-hybridized carbons (Fsp3) is 0. The molecule has 2 aromatic carbocycles. The third kappa shape index (κ3) is 3.34. The molecule has 0 saturated heterocycles. The van der Waals surface area contributed by atoms with Gasteiger partial charge in [-0.25, -0.2) is 14.5 Å². The molecule has 0 radical (unpaired) electrons. The Bertz CT molecular complexity index is 1150. The Kier molecular flexibility index (Phi) is 4.46. The maximum absolute atomic E-state index is 15.1. The molecule has 0 bridgehead atoms. The van der Waals surface area contributed by atoms with E-state index in [0.29, 0.717) is 16.2 Å². The van der Waals surface area contributed by atoms with Crippen molar-refractivity contribution in [3.63, 3.8) is 0 Å². The molecule has 0 aliphatic rings. The van der Waals surface area contributed by atoms with Crippen molar-refractivity contribution in [2.24, 2.45) is 0 Å². The molecule has 4 rings (SSSR count). The van der Waals surface area contributed by atoms with Crippen molar-refractivity contribution < 1.29 is 9.18 Å². The molecule has 0 fully saturated rings. The van der Waals surface area contributed by atoms with E-state index in [0.717, 1.165) is 4.47 Å². The molecule has 12 heteroatoms. The van der Waals surface area contributed by atoms with Gasteiger partial charge < -0.3 is 10.3 Å². The smallest absolute Gasteiger partial charge is 0.260 e. The van der Waals surface area contributed by atoms with Gasteiger partial charge in [0, 0.05) is 4.47 Å². The highest BCUT2D eigenvalue weighted by Gasteiger charge is 2.22. The van der Waals surface area contributed by atoms with E-state index in [2.05, 4.69) is 57.2 Å². The second kappa shape index (κ2) is 6.93. The Labute approximate surface area is 163 Å². The maximum atomic E-state index is 15.1. The van der Waals surface area contributed by atoms with Gasteiger partial charge >= 0.3 is 0 Å². The summed E-state index contributed by atoms with van der Waals surface area (Å²) >= 11 is 9.51. The van der Waals surface area contributed by atoms with Crippen LogP contribution in [-0.2, 0) is 0 Å². The van der Waals surface area contributed by atoms with Crippen LogP contribution in [0.1, 0.15) is 10.4 Å². The first-order valence-electron chi connectivity index (χ1n) is 7.45. The van der Waals surface area contributed by atoms with E-state index >= 15 is 4.39 Å². The lowest BCUT2D eigenvalue weighted by Gasteiger charge is -2.14. The van der Waals surface area contributed by atoms with Gasteiger partial charge in [-0.05, 0) is 34.7 Å². The molecule has 0 atom stereocenters. The molecular formula is C15H9BrClFN8O. The van der Waals surface area contributed by atoms with E-state index in [1.165, 1.54) is 12.4 Å². The van der Waals surface area contributed by atoms with Gasteiger partial charge in [0.25, 0.3) is 5.91 Å². The summed E-state index contributed by atoms with van der Waals surface area (Å²) in [5.41, 5.74) is 0.803. The number of nitrogens with one attached hydrogen (secondary N) is 4. The fourth-order valence-corrected chi connectivity index (χ4v) is 3.18.